The monoisotopic (exact) mass is 384 g/mol. The first-order valence-corrected chi connectivity index (χ1v) is 8.26. The molecule has 0 radical (unpaired) electrons. The second kappa shape index (κ2) is 8.24. The van der Waals surface area contributed by atoms with Crippen molar-refractivity contribution in [2.24, 2.45) is 5.92 Å². The largest absolute Gasteiger partial charge is 0.461 e. The van der Waals surface area contributed by atoms with Crippen LogP contribution < -0.4 is 0 Å². The fourth-order valence-electron chi connectivity index (χ4n) is 2.60. The number of allylic oxidation sites excluding steroid dienone is 5. The molecule has 9 heteroatoms. The second-order valence-corrected chi connectivity index (χ2v) is 5.71. The number of alkyl halides is 3. The molecule has 0 spiro atoms. The standard InChI is InChI=1S/C18H19F3N2O4/c1-4-26-16(24)14-13(15(23-22-14)17(25)27-5-2)9-11-8-12(18(19,20)21)7-6-10(11)3/h6-8,11H,3-5,9H2,1-2H3,(H,22,23). The van der Waals surface area contributed by atoms with Crippen LogP contribution in [0.15, 0.2) is 36.0 Å². The number of nitrogens with one attached hydrogen (secondary N) is 1. The number of ether oxygens (including phenoxy) is 2. The number of H-pyrrole nitrogens is 1. The zero-order valence-electron chi connectivity index (χ0n) is 14.9. The third-order valence-electron chi connectivity index (χ3n) is 3.90. The topological polar surface area (TPSA) is 81.3 Å². The van der Waals surface area contributed by atoms with Crippen molar-refractivity contribution in [3.05, 3.63) is 52.9 Å². The van der Waals surface area contributed by atoms with Gasteiger partial charge in [-0.15, -0.1) is 0 Å². The maximum atomic E-state index is 13.0. The van der Waals surface area contributed by atoms with Gasteiger partial charge in [0.2, 0.25) is 0 Å². The van der Waals surface area contributed by atoms with Gasteiger partial charge < -0.3 is 9.47 Å². The van der Waals surface area contributed by atoms with Crippen LogP contribution >= 0.6 is 0 Å². The highest BCUT2D eigenvalue weighted by Crippen LogP contribution is 2.34. The number of halogens is 3. The molecule has 27 heavy (non-hydrogen) atoms. The summed E-state index contributed by atoms with van der Waals surface area (Å²) in [6.45, 7) is 7.12. The molecule has 0 bridgehead atoms. The normalized spacial score (nSPS) is 16.9. The Morgan fingerprint density at radius 1 is 1.19 bits per heavy atom. The van der Waals surface area contributed by atoms with E-state index in [0.29, 0.717) is 5.57 Å². The van der Waals surface area contributed by atoms with Crippen LogP contribution in [0.2, 0.25) is 0 Å². The van der Waals surface area contributed by atoms with Crippen LogP contribution in [0.25, 0.3) is 0 Å². The first-order valence-electron chi connectivity index (χ1n) is 8.26. The second-order valence-electron chi connectivity index (χ2n) is 5.71. The first kappa shape index (κ1) is 20.5. The van der Waals surface area contributed by atoms with Gasteiger partial charge in [0.15, 0.2) is 5.69 Å². The number of rotatable bonds is 6. The molecule has 1 aliphatic rings. The molecule has 1 aromatic rings. The molecule has 0 saturated carbocycles. The Kier molecular flexibility index (Phi) is 6.24. The lowest BCUT2D eigenvalue weighted by atomic mass is 9.86. The Balaban J connectivity index is 2.43. The van der Waals surface area contributed by atoms with Crippen molar-refractivity contribution in [2.45, 2.75) is 26.4 Å². The van der Waals surface area contributed by atoms with E-state index in [0.717, 1.165) is 12.2 Å². The quantitative estimate of drug-likeness (QED) is 0.759. The zero-order valence-corrected chi connectivity index (χ0v) is 14.9. The molecular formula is C18H19F3N2O4. The van der Waals surface area contributed by atoms with Crippen LogP contribution in [0.4, 0.5) is 13.2 Å². The number of aromatic nitrogens is 2. The summed E-state index contributed by atoms with van der Waals surface area (Å²) in [7, 11) is 0. The molecule has 0 amide bonds. The highest BCUT2D eigenvalue weighted by molar-refractivity contribution is 5.95. The van der Waals surface area contributed by atoms with Gasteiger partial charge >= 0.3 is 18.1 Å². The van der Waals surface area contributed by atoms with Gasteiger partial charge in [-0.05, 0) is 25.8 Å². The predicted molar refractivity (Wildman–Crippen MR) is 90.1 cm³/mol. The van der Waals surface area contributed by atoms with E-state index in [4.69, 9.17) is 9.47 Å². The zero-order chi connectivity index (χ0) is 20.2. The van der Waals surface area contributed by atoms with Gasteiger partial charge in [0, 0.05) is 11.5 Å². The number of aromatic amines is 1. The first-order chi connectivity index (χ1) is 12.7. The Morgan fingerprint density at radius 2 is 1.81 bits per heavy atom. The molecule has 6 nitrogen and oxygen atoms in total. The highest BCUT2D eigenvalue weighted by atomic mass is 19.4. The average Bonchev–Trinajstić information content (AvgIpc) is 3.00. The van der Waals surface area contributed by atoms with Crippen molar-refractivity contribution in [1.82, 2.24) is 10.2 Å². The van der Waals surface area contributed by atoms with Gasteiger partial charge in [-0.3, -0.25) is 5.10 Å². The van der Waals surface area contributed by atoms with Crippen molar-refractivity contribution in [2.75, 3.05) is 13.2 Å². The van der Waals surface area contributed by atoms with Gasteiger partial charge in [-0.25, -0.2) is 9.59 Å². The van der Waals surface area contributed by atoms with Crippen molar-refractivity contribution in [3.8, 4) is 0 Å². The van der Waals surface area contributed by atoms with E-state index in [1.807, 2.05) is 0 Å². The van der Waals surface area contributed by atoms with Crippen LogP contribution in [-0.4, -0.2) is 41.5 Å². The lowest BCUT2D eigenvalue weighted by molar-refractivity contribution is -0.0887. The molecule has 1 unspecified atom stereocenters. The summed E-state index contributed by atoms with van der Waals surface area (Å²) < 4.78 is 48.9. The number of nitrogens with zero attached hydrogens (tertiary/aromatic N) is 1. The maximum Gasteiger partial charge on any atom is 0.416 e. The van der Waals surface area contributed by atoms with Crippen molar-refractivity contribution < 1.29 is 32.2 Å². The molecule has 0 aromatic carbocycles. The molecule has 1 atom stereocenters. The Labute approximate surface area is 153 Å². The highest BCUT2D eigenvalue weighted by Gasteiger charge is 2.35. The molecule has 1 aromatic heterocycles. The Morgan fingerprint density at radius 3 is 2.41 bits per heavy atom. The van der Waals surface area contributed by atoms with Gasteiger partial charge in [0.1, 0.15) is 5.69 Å². The fourth-order valence-corrected chi connectivity index (χ4v) is 2.60. The Hall–Kier alpha value is -2.84. The molecule has 1 heterocycles. The van der Waals surface area contributed by atoms with Crippen LogP contribution in [0.5, 0.6) is 0 Å². The summed E-state index contributed by atoms with van der Waals surface area (Å²) in [6.07, 6.45) is -1.39. The van der Waals surface area contributed by atoms with E-state index in [9.17, 15) is 22.8 Å². The molecular weight excluding hydrogens is 365 g/mol. The summed E-state index contributed by atoms with van der Waals surface area (Å²) in [5, 5.41) is 6.23. The van der Waals surface area contributed by atoms with Gasteiger partial charge in [-0.1, -0.05) is 24.8 Å². The lowest BCUT2D eigenvalue weighted by Gasteiger charge is -2.21. The third kappa shape index (κ3) is 4.66. The SMILES string of the molecule is C=C1C=CC(C(F)(F)F)=CC1Cc1c(C(=O)OCC)n[nH]c1C(=O)OCC. The van der Waals surface area contributed by atoms with Crippen LogP contribution in [0, 0.1) is 5.92 Å². The molecule has 2 rings (SSSR count). The van der Waals surface area contributed by atoms with Crippen LogP contribution in [0.3, 0.4) is 0 Å². The Bertz CT molecular complexity index is 771. The summed E-state index contributed by atoms with van der Waals surface area (Å²) in [4.78, 5) is 24.2. The predicted octanol–water partition coefficient (Wildman–Crippen LogP) is 3.54. The van der Waals surface area contributed by atoms with Crippen molar-refractivity contribution in [1.29, 1.82) is 0 Å². The number of carbonyl (C=O) groups is 2. The lowest BCUT2D eigenvalue weighted by Crippen LogP contribution is -2.19. The summed E-state index contributed by atoms with van der Waals surface area (Å²) in [5.74, 6) is -2.31. The molecule has 0 fully saturated rings. The smallest absolute Gasteiger partial charge is 0.416 e. The van der Waals surface area contributed by atoms with E-state index < -0.39 is 29.6 Å². The maximum absolute atomic E-state index is 13.0. The molecule has 1 N–H and O–H groups in total. The number of carbonyl (C=O) groups excluding carboxylic acids is 2. The summed E-state index contributed by atoms with van der Waals surface area (Å²) in [5.41, 5.74) is -0.535. The van der Waals surface area contributed by atoms with E-state index >= 15 is 0 Å². The number of hydrogen-bond donors (Lipinski definition) is 1. The van der Waals surface area contributed by atoms with Crippen molar-refractivity contribution >= 4 is 11.9 Å². The molecule has 0 saturated heterocycles. The van der Waals surface area contributed by atoms with Gasteiger partial charge in [0.05, 0.1) is 18.8 Å². The van der Waals surface area contributed by atoms with Crippen molar-refractivity contribution in [3.63, 3.8) is 0 Å². The van der Waals surface area contributed by atoms with E-state index in [1.165, 1.54) is 6.08 Å². The van der Waals surface area contributed by atoms with Crippen LogP contribution in [0.1, 0.15) is 40.4 Å². The molecule has 0 aliphatic heterocycles. The third-order valence-corrected chi connectivity index (χ3v) is 3.90. The van der Waals surface area contributed by atoms with Crippen LogP contribution in [-0.2, 0) is 15.9 Å². The minimum Gasteiger partial charge on any atom is -0.461 e. The van der Waals surface area contributed by atoms with Gasteiger partial charge in [0.25, 0.3) is 0 Å². The van der Waals surface area contributed by atoms with Gasteiger partial charge in [-0.2, -0.15) is 18.3 Å². The summed E-state index contributed by atoms with van der Waals surface area (Å²) >= 11 is 0. The number of hydrogen-bond acceptors (Lipinski definition) is 5. The molecule has 146 valence electrons. The fraction of sp³-hybridized carbons (Fsp3) is 0.389. The van der Waals surface area contributed by atoms with E-state index in [-0.39, 0.29) is 36.6 Å². The minimum absolute atomic E-state index is 0.0802. The minimum atomic E-state index is -4.51. The molecule has 1 aliphatic carbocycles. The summed E-state index contributed by atoms with van der Waals surface area (Å²) in [6, 6.07) is 0. The van der Waals surface area contributed by atoms with E-state index in [2.05, 4.69) is 16.8 Å². The average molecular weight is 384 g/mol. The number of esters is 2. The van der Waals surface area contributed by atoms with E-state index in [1.54, 1.807) is 13.8 Å².